The van der Waals surface area contributed by atoms with E-state index in [0.717, 1.165) is 42.7 Å². The molecule has 2 aromatic heterocycles. The van der Waals surface area contributed by atoms with Gasteiger partial charge in [0.15, 0.2) is 0 Å². The Hall–Kier alpha value is -3.02. The first kappa shape index (κ1) is 16.4. The van der Waals surface area contributed by atoms with Gasteiger partial charge in [0.2, 0.25) is 0 Å². The van der Waals surface area contributed by atoms with E-state index < -0.39 is 0 Å². The van der Waals surface area contributed by atoms with Gasteiger partial charge in [0.05, 0.1) is 11.2 Å². The highest BCUT2D eigenvalue weighted by Gasteiger charge is 2.17. The number of nitrogens with one attached hydrogen (secondary N) is 1. The molecule has 0 aliphatic carbocycles. The summed E-state index contributed by atoms with van der Waals surface area (Å²) in [5.74, 6) is 1.19. The second-order valence-corrected chi connectivity index (χ2v) is 6.54. The zero-order valence-electron chi connectivity index (χ0n) is 14.8. The number of pyridine rings is 1. The molecular weight excluding hydrogens is 326 g/mol. The van der Waals surface area contributed by atoms with Crippen molar-refractivity contribution in [1.82, 2.24) is 15.0 Å². The molecule has 1 saturated heterocycles. The van der Waals surface area contributed by atoms with Crippen molar-refractivity contribution in [2.45, 2.75) is 26.2 Å². The molecule has 0 saturated carbocycles. The number of aryl methyl sites for hydroxylation is 1. The van der Waals surface area contributed by atoms with Crippen LogP contribution in [0.1, 0.15) is 35.6 Å². The highest BCUT2D eigenvalue weighted by Crippen LogP contribution is 2.22. The molecule has 0 atom stereocenters. The Labute approximate surface area is 152 Å². The van der Waals surface area contributed by atoms with Gasteiger partial charge in [-0.2, -0.15) is 0 Å². The standard InChI is InChI=1S/C20H21N5O/c1-14-22-17(13-18(23-14)25-11-3-2-4-12-25)20(26)24-16-9-5-7-15-8-6-10-21-19(15)16/h5-10,13H,2-4,11-12H2,1H3,(H,24,26). The molecule has 4 rings (SSSR count). The van der Waals surface area contributed by atoms with Crippen molar-refractivity contribution in [1.29, 1.82) is 0 Å². The Balaban J connectivity index is 1.62. The van der Waals surface area contributed by atoms with E-state index in [4.69, 9.17) is 0 Å². The fraction of sp³-hybridized carbons (Fsp3) is 0.300. The molecule has 1 aromatic carbocycles. The number of hydrogen-bond donors (Lipinski definition) is 1. The number of fused-ring (bicyclic) bond motifs is 1. The molecule has 1 amide bonds. The van der Waals surface area contributed by atoms with Crippen molar-refractivity contribution in [3.8, 4) is 0 Å². The quantitative estimate of drug-likeness (QED) is 0.784. The summed E-state index contributed by atoms with van der Waals surface area (Å²) in [6, 6.07) is 11.4. The fourth-order valence-electron chi connectivity index (χ4n) is 3.34. The average Bonchev–Trinajstić information content (AvgIpc) is 2.68. The average molecular weight is 347 g/mol. The van der Waals surface area contributed by atoms with Gasteiger partial charge in [-0.1, -0.05) is 18.2 Å². The van der Waals surface area contributed by atoms with Crippen LogP contribution in [0, 0.1) is 6.92 Å². The number of nitrogens with zero attached hydrogens (tertiary/aromatic N) is 4. The summed E-state index contributed by atoms with van der Waals surface area (Å²) in [7, 11) is 0. The Morgan fingerprint density at radius 2 is 1.88 bits per heavy atom. The Morgan fingerprint density at radius 3 is 2.73 bits per heavy atom. The van der Waals surface area contributed by atoms with Gasteiger partial charge in [0.1, 0.15) is 17.3 Å². The first-order valence-electron chi connectivity index (χ1n) is 8.96. The lowest BCUT2D eigenvalue weighted by molar-refractivity contribution is 0.102. The van der Waals surface area contributed by atoms with Crippen LogP contribution < -0.4 is 10.2 Å². The lowest BCUT2D eigenvalue weighted by atomic mass is 10.1. The molecule has 1 aliphatic rings. The molecule has 1 N–H and O–H groups in total. The minimum absolute atomic E-state index is 0.244. The third-order valence-electron chi connectivity index (χ3n) is 4.62. The predicted molar refractivity (Wildman–Crippen MR) is 103 cm³/mol. The van der Waals surface area contributed by atoms with Gasteiger partial charge in [-0.05, 0) is 38.3 Å². The number of aromatic nitrogens is 3. The molecular formula is C20H21N5O. The van der Waals surface area contributed by atoms with E-state index in [-0.39, 0.29) is 5.91 Å². The third kappa shape index (κ3) is 3.35. The summed E-state index contributed by atoms with van der Waals surface area (Å²) in [6.07, 6.45) is 5.29. The topological polar surface area (TPSA) is 71.0 Å². The SMILES string of the molecule is Cc1nc(C(=O)Nc2cccc3cccnc23)cc(N2CCCCC2)n1. The summed E-state index contributed by atoms with van der Waals surface area (Å²) < 4.78 is 0. The van der Waals surface area contributed by atoms with Crippen molar-refractivity contribution < 1.29 is 4.79 Å². The number of para-hydroxylation sites is 1. The molecule has 26 heavy (non-hydrogen) atoms. The zero-order valence-corrected chi connectivity index (χ0v) is 14.8. The van der Waals surface area contributed by atoms with Crippen molar-refractivity contribution in [3.05, 3.63) is 54.1 Å². The molecule has 1 fully saturated rings. The van der Waals surface area contributed by atoms with E-state index >= 15 is 0 Å². The van der Waals surface area contributed by atoms with Crippen LogP contribution in [0.15, 0.2) is 42.6 Å². The molecule has 3 aromatic rings. The highest BCUT2D eigenvalue weighted by molar-refractivity contribution is 6.07. The monoisotopic (exact) mass is 347 g/mol. The maximum atomic E-state index is 12.8. The zero-order chi connectivity index (χ0) is 17.9. The number of carbonyl (C=O) groups is 1. The molecule has 1 aliphatic heterocycles. The minimum Gasteiger partial charge on any atom is -0.356 e. The lowest BCUT2D eigenvalue weighted by Crippen LogP contribution is -2.31. The van der Waals surface area contributed by atoms with Gasteiger partial charge in [-0.3, -0.25) is 9.78 Å². The van der Waals surface area contributed by atoms with Crippen molar-refractivity contribution >= 4 is 28.3 Å². The molecule has 6 heteroatoms. The van der Waals surface area contributed by atoms with Crippen LogP contribution in [-0.2, 0) is 0 Å². The number of piperidine rings is 1. The summed E-state index contributed by atoms with van der Waals surface area (Å²) in [5, 5.41) is 3.93. The summed E-state index contributed by atoms with van der Waals surface area (Å²) in [5.41, 5.74) is 1.83. The van der Waals surface area contributed by atoms with Gasteiger partial charge in [-0.15, -0.1) is 0 Å². The van der Waals surface area contributed by atoms with Crippen LogP contribution in [0.3, 0.4) is 0 Å². The molecule has 3 heterocycles. The number of hydrogen-bond acceptors (Lipinski definition) is 5. The van der Waals surface area contributed by atoms with Gasteiger partial charge in [0.25, 0.3) is 5.91 Å². The second-order valence-electron chi connectivity index (χ2n) is 6.54. The van der Waals surface area contributed by atoms with Crippen LogP contribution >= 0.6 is 0 Å². The van der Waals surface area contributed by atoms with E-state index in [1.165, 1.54) is 6.42 Å². The van der Waals surface area contributed by atoms with Crippen molar-refractivity contribution in [2.75, 3.05) is 23.3 Å². The van der Waals surface area contributed by atoms with Crippen molar-refractivity contribution in [2.24, 2.45) is 0 Å². The Morgan fingerprint density at radius 1 is 1.08 bits per heavy atom. The summed E-state index contributed by atoms with van der Waals surface area (Å²) >= 11 is 0. The lowest BCUT2D eigenvalue weighted by Gasteiger charge is -2.28. The van der Waals surface area contributed by atoms with E-state index in [9.17, 15) is 4.79 Å². The van der Waals surface area contributed by atoms with E-state index in [1.807, 2.05) is 37.3 Å². The third-order valence-corrected chi connectivity index (χ3v) is 4.62. The number of benzene rings is 1. The van der Waals surface area contributed by atoms with Crippen LogP contribution in [0.2, 0.25) is 0 Å². The molecule has 0 bridgehead atoms. The number of amides is 1. The smallest absolute Gasteiger partial charge is 0.274 e. The Kier molecular flexibility index (Phi) is 4.48. The Bertz CT molecular complexity index is 945. The van der Waals surface area contributed by atoms with E-state index in [0.29, 0.717) is 17.2 Å². The van der Waals surface area contributed by atoms with Crippen LogP contribution in [-0.4, -0.2) is 33.9 Å². The summed E-state index contributed by atoms with van der Waals surface area (Å²) in [6.45, 7) is 3.78. The second kappa shape index (κ2) is 7.07. The minimum atomic E-state index is -0.244. The van der Waals surface area contributed by atoms with E-state index in [2.05, 4.69) is 25.2 Å². The van der Waals surface area contributed by atoms with Gasteiger partial charge < -0.3 is 10.2 Å². The first-order chi connectivity index (χ1) is 12.7. The summed E-state index contributed by atoms with van der Waals surface area (Å²) in [4.78, 5) is 28.3. The first-order valence-corrected chi connectivity index (χ1v) is 8.96. The van der Waals surface area contributed by atoms with Gasteiger partial charge >= 0.3 is 0 Å². The highest BCUT2D eigenvalue weighted by atomic mass is 16.1. The van der Waals surface area contributed by atoms with Gasteiger partial charge in [0, 0.05) is 30.7 Å². The molecule has 0 spiro atoms. The molecule has 0 unspecified atom stereocenters. The van der Waals surface area contributed by atoms with E-state index in [1.54, 1.807) is 12.3 Å². The van der Waals surface area contributed by atoms with Crippen LogP contribution in [0.4, 0.5) is 11.5 Å². The fourth-order valence-corrected chi connectivity index (χ4v) is 3.34. The number of carbonyl (C=O) groups excluding carboxylic acids is 1. The molecule has 132 valence electrons. The van der Waals surface area contributed by atoms with Crippen LogP contribution in [0.5, 0.6) is 0 Å². The van der Waals surface area contributed by atoms with Crippen molar-refractivity contribution in [3.63, 3.8) is 0 Å². The number of rotatable bonds is 3. The molecule has 0 radical (unpaired) electrons. The predicted octanol–water partition coefficient (Wildman–Crippen LogP) is 3.58. The molecule has 6 nitrogen and oxygen atoms in total. The van der Waals surface area contributed by atoms with Gasteiger partial charge in [-0.25, -0.2) is 9.97 Å². The maximum absolute atomic E-state index is 12.8. The number of anilines is 2. The van der Waals surface area contributed by atoms with Crippen LogP contribution in [0.25, 0.3) is 10.9 Å². The normalized spacial score (nSPS) is 14.4. The maximum Gasteiger partial charge on any atom is 0.274 e. The largest absolute Gasteiger partial charge is 0.356 e.